The third kappa shape index (κ3) is 10.1. The van der Waals surface area contributed by atoms with Crippen LogP contribution in [0.25, 0.3) is 0 Å². The lowest BCUT2D eigenvalue weighted by Gasteiger charge is -2.32. The summed E-state index contributed by atoms with van der Waals surface area (Å²) in [5, 5.41) is 4.89. The van der Waals surface area contributed by atoms with Crippen LogP contribution in [0.15, 0.2) is 108 Å². The molecule has 0 radical (unpaired) electrons. The minimum atomic E-state index is -4.56. The van der Waals surface area contributed by atoms with Crippen molar-refractivity contribution in [3.63, 3.8) is 0 Å². The fourth-order valence-electron chi connectivity index (χ4n) is 5.85. The summed E-state index contributed by atoms with van der Waals surface area (Å²) in [5.41, 5.74) is -0.0400. The van der Waals surface area contributed by atoms with Crippen LogP contribution in [0.2, 0.25) is 0 Å². The van der Waals surface area contributed by atoms with Crippen molar-refractivity contribution in [2.75, 3.05) is 25.5 Å². The maximum absolute atomic E-state index is 16.4. The van der Waals surface area contributed by atoms with Gasteiger partial charge in [0.2, 0.25) is 18.2 Å². The molecule has 0 saturated carbocycles. The van der Waals surface area contributed by atoms with E-state index in [2.05, 4.69) is 15.4 Å². The minimum absolute atomic E-state index is 0.0723. The Hall–Kier alpha value is -5.68. The Bertz CT molecular complexity index is 2080. The molecule has 4 aromatic rings. The number of benzene rings is 3. The van der Waals surface area contributed by atoms with E-state index < -0.39 is 68.6 Å². The fraction of sp³-hybridized carbons (Fsp3) is 0.324. The van der Waals surface area contributed by atoms with Gasteiger partial charge in [0, 0.05) is 19.8 Å². The van der Waals surface area contributed by atoms with E-state index in [0.29, 0.717) is 28.7 Å². The number of amides is 2. The number of aromatic nitrogens is 2. The molecule has 16 nitrogen and oxygen atoms in total. The number of piperidine rings is 1. The second kappa shape index (κ2) is 17.8. The van der Waals surface area contributed by atoms with E-state index in [0.717, 1.165) is 12.3 Å². The van der Waals surface area contributed by atoms with E-state index in [1.807, 2.05) is 0 Å². The van der Waals surface area contributed by atoms with Crippen molar-refractivity contribution in [3.8, 4) is 5.75 Å². The molecular formula is C37H38F2N5O11P. The van der Waals surface area contributed by atoms with Gasteiger partial charge in [-0.1, -0.05) is 78.9 Å². The number of hydrogen-bond acceptors (Lipinski definition) is 12. The zero-order valence-electron chi connectivity index (χ0n) is 29.9. The quantitative estimate of drug-likeness (QED) is 0.118. The smallest absolute Gasteiger partial charge is 0.444 e. The number of nitrogens with zero attached hydrogens (tertiary/aromatic N) is 3. The van der Waals surface area contributed by atoms with Crippen LogP contribution in [-0.4, -0.2) is 77.0 Å². The Kier molecular flexibility index (Phi) is 12.7. The zero-order valence-corrected chi connectivity index (χ0v) is 30.8. The first-order chi connectivity index (χ1) is 26.9. The molecule has 6 rings (SSSR count). The van der Waals surface area contributed by atoms with Crippen LogP contribution < -0.4 is 20.6 Å². The van der Waals surface area contributed by atoms with Gasteiger partial charge in [-0.25, -0.2) is 18.9 Å². The van der Waals surface area contributed by atoms with Crippen molar-refractivity contribution in [1.82, 2.24) is 19.5 Å². The number of hydrogen-bond donors (Lipinski definition) is 2. The highest BCUT2D eigenvalue weighted by atomic mass is 31.2. The Balaban J connectivity index is 1.22. The van der Waals surface area contributed by atoms with E-state index in [9.17, 15) is 23.7 Å². The Morgan fingerprint density at radius 3 is 2.20 bits per heavy atom. The van der Waals surface area contributed by atoms with Crippen molar-refractivity contribution in [3.05, 3.63) is 125 Å². The van der Waals surface area contributed by atoms with Gasteiger partial charge in [0.25, 0.3) is 0 Å². The van der Waals surface area contributed by atoms with Crippen LogP contribution in [0, 0.1) is 0 Å². The van der Waals surface area contributed by atoms with Gasteiger partial charge < -0.3 is 28.4 Å². The normalized spacial score (nSPS) is 21.4. The number of carbonyl (C=O) groups excluding carboxylic acids is 3. The molecule has 2 saturated heterocycles. The molecule has 0 bridgehead atoms. The van der Waals surface area contributed by atoms with E-state index in [1.54, 1.807) is 85.9 Å². The predicted octanol–water partition coefficient (Wildman–Crippen LogP) is 5.66. The fourth-order valence-corrected chi connectivity index (χ4v) is 7.40. The van der Waals surface area contributed by atoms with Crippen LogP contribution in [0.3, 0.4) is 0 Å². The second-order valence-corrected chi connectivity index (χ2v) is 14.4. The number of alkyl halides is 2. The van der Waals surface area contributed by atoms with Gasteiger partial charge >= 0.3 is 31.6 Å². The molecule has 5 atom stereocenters. The third-order valence-corrected chi connectivity index (χ3v) is 10.2. The van der Waals surface area contributed by atoms with Crippen LogP contribution in [-0.2, 0) is 46.0 Å². The number of halogens is 2. The summed E-state index contributed by atoms with van der Waals surface area (Å²) in [6.45, 7) is -0.886. The van der Waals surface area contributed by atoms with Crippen molar-refractivity contribution in [2.45, 2.75) is 56.5 Å². The van der Waals surface area contributed by atoms with Crippen molar-refractivity contribution in [1.29, 1.82) is 0 Å². The summed E-state index contributed by atoms with van der Waals surface area (Å²) in [6.07, 6.45) is -7.53. The third-order valence-electron chi connectivity index (χ3n) is 8.65. The van der Waals surface area contributed by atoms with Gasteiger partial charge in [-0.2, -0.15) is 18.9 Å². The van der Waals surface area contributed by atoms with E-state index >= 15 is 8.78 Å². The lowest BCUT2D eigenvalue weighted by Crippen LogP contribution is -2.48. The molecule has 296 valence electrons. The number of ether oxygens (including phenoxy) is 4. The molecule has 2 aliphatic heterocycles. The van der Waals surface area contributed by atoms with Crippen molar-refractivity contribution in [2.24, 2.45) is 0 Å². The number of carbonyl (C=O) groups is 3. The summed E-state index contributed by atoms with van der Waals surface area (Å²) < 4.78 is 79.7. The SMILES string of the molecule is CN1CCCC(NP(=O)(OCC2OC(n3ccc(NC(=O)OCc4ccccc4)nc3=O)C(F)(F)C2OC(=O)OCc2ccccc2)Oc2ccccc2)C1=O. The molecule has 0 spiro atoms. The number of para-hydroxylation sites is 1. The van der Waals surface area contributed by atoms with Crippen LogP contribution in [0.1, 0.15) is 30.2 Å². The molecular weight excluding hydrogens is 759 g/mol. The maximum atomic E-state index is 16.4. The van der Waals surface area contributed by atoms with Gasteiger partial charge in [-0.15, -0.1) is 0 Å². The van der Waals surface area contributed by atoms with Gasteiger partial charge in [-0.3, -0.25) is 19.2 Å². The first-order valence-corrected chi connectivity index (χ1v) is 18.9. The second-order valence-electron chi connectivity index (χ2n) is 12.7. The highest BCUT2D eigenvalue weighted by molar-refractivity contribution is 7.52. The Morgan fingerprint density at radius 2 is 1.55 bits per heavy atom. The van der Waals surface area contributed by atoms with Gasteiger partial charge in [0.05, 0.1) is 12.6 Å². The summed E-state index contributed by atoms with van der Waals surface area (Å²) in [6, 6.07) is 25.0. The molecule has 5 unspecified atom stereocenters. The number of nitrogens with one attached hydrogen (secondary N) is 2. The first-order valence-electron chi connectivity index (χ1n) is 17.4. The van der Waals surface area contributed by atoms with Crippen molar-refractivity contribution >= 4 is 31.7 Å². The summed E-state index contributed by atoms with van der Waals surface area (Å²) in [4.78, 5) is 56.3. The molecule has 2 fully saturated rings. The molecule has 2 N–H and O–H groups in total. The van der Waals surface area contributed by atoms with E-state index in [1.165, 1.54) is 17.0 Å². The highest BCUT2D eigenvalue weighted by Gasteiger charge is 2.63. The maximum Gasteiger partial charge on any atom is 0.509 e. The van der Waals surface area contributed by atoms with E-state index in [4.69, 9.17) is 28.0 Å². The van der Waals surface area contributed by atoms with Crippen LogP contribution in [0.5, 0.6) is 5.75 Å². The standard InChI is InChI=1S/C37H38F2N5O11P/c1-43-20-11-18-28(32(43)45)42-56(49,55-27-16-9-4-10-17-27)52-24-29-31(54-36(48)51-23-26-14-7-3-8-15-26)37(38,39)33(53-29)44-21-19-30(40-34(44)46)41-35(47)50-22-25-12-5-2-6-13-25/h2-10,12-17,19,21,28-29,31,33H,11,18,20,22-24H2,1H3,(H,42,49)(H,40,41,46,47). The summed E-state index contributed by atoms with van der Waals surface area (Å²) in [5.74, 6) is -4.79. The number of likely N-dealkylation sites (tertiary alicyclic amines) is 1. The lowest BCUT2D eigenvalue weighted by atomic mass is 10.1. The zero-order chi connectivity index (χ0) is 39.7. The average Bonchev–Trinajstić information content (AvgIpc) is 3.43. The number of likely N-dealkylation sites (N-methyl/N-ethyl adjacent to an activating group) is 1. The summed E-state index contributed by atoms with van der Waals surface area (Å²) in [7, 11) is -2.98. The van der Waals surface area contributed by atoms with E-state index in [-0.39, 0.29) is 31.2 Å². The minimum Gasteiger partial charge on any atom is -0.444 e. The molecule has 3 aromatic carbocycles. The molecule has 56 heavy (non-hydrogen) atoms. The monoisotopic (exact) mass is 797 g/mol. The molecule has 19 heteroatoms. The van der Waals surface area contributed by atoms with Gasteiger partial charge in [-0.05, 0) is 42.2 Å². The predicted molar refractivity (Wildman–Crippen MR) is 194 cm³/mol. The first kappa shape index (κ1) is 40.0. The van der Waals surface area contributed by atoms with Crippen LogP contribution in [0.4, 0.5) is 24.2 Å². The average molecular weight is 798 g/mol. The Labute approximate surface area is 319 Å². The molecule has 3 heterocycles. The van der Waals surface area contributed by atoms with Gasteiger partial charge in [0.1, 0.15) is 30.9 Å². The Morgan fingerprint density at radius 1 is 0.929 bits per heavy atom. The summed E-state index contributed by atoms with van der Waals surface area (Å²) >= 11 is 0. The largest absolute Gasteiger partial charge is 0.509 e. The van der Waals surface area contributed by atoms with Gasteiger partial charge in [0.15, 0.2) is 0 Å². The number of anilines is 1. The molecule has 2 aliphatic rings. The molecule has 1 aromatic heterocycles. The van der Waals surface area contributed by atoms with Crippen LogP contribution >= 0.6 is 7.75 Å². The number of rotatable bonds is 14. The highest BCUT2D eigenvalue weighted by Crippen LogP contribution is 2.49. The molecule has 0 aliphatic carbocycles. The topological polar surface area (TPSA) is 186 Å². The van der Waals surface area contributed by atoms with Crippen molar-refractivity contribution < 1.29 is 55.7 Å². The molecule has 2 amide bonds. The lowest BCUT2D eigenvalue weighted by molar-refractivity contribution is -0.146.